The average molecular weight is 375 g/mol. The van der Waals surface area contributed by atoms with Crippen molar-refractivity contribution in [2.45, 2.75) is 64.1 Å². The summed E-state index contributed by atoms with van der Waals surface area (Å²) < 4.78 is 0. The molecule has 0 aliphatic heterocycles. The lowest BCUT2D eigenvalue weighted by Crippen LogP contribution is -2.03. The van der Waals surface area contributed by atoms with E-state index < -0.39 is 18.2 Å². The summed E-state index contributed by atoms with van der Waals surface area (Å²) in [5.74, 6) is -0.832. The molecule has 0 rings (SSSR count). The van der Waals surface area contributed by atoms with Gasteiger partial charge in [-0.15, -0.1) is 0 Å². The van der Waals surface area contributed by atoms with E-state index in [1.807, 2.05) is 42.5 Å². The third kappa shape index (κ3) is 20.0. The predicted octanol–water partition coefficient (Wildman–Crippen LogP) is 4.88. The number of aliphatic hydroxyl groups is 2. The van der Waals surface area contributed by atoms with Crippen LogP contribution in [0.4, 0.5) is 0 Å². The van der Waals surface area contributed by atoms with Crippen molar-refractivity contribution in [1.82, 2.24) is 0 Å². The fourth-order valence-electron chi connectivity index (χ4n) is 2.09. The van der Waals surface area contributed by atoms with Crippen molar-refractivity contribution in [2.24, 2.45) is 0 Å². The molecular weight excluding hydrogens is 340 g/mol. The number of allylic oxidation sites excluding steroid dienone is 9. The highest BCUT2D eigenvalue weighted by molar-refractivity contribution is 5.66. The summed E-state index contributed by atoms with van der Waals surface area (Å²) in [4.78, 5) is 10.4. The SMILES string of the molecule is CC/C=C\C[C@H](O)/C=C/C=C\C/C=C\C/C=C\C=C\[C@H](O)CCCC(=O)O. The first kappa shape index (κ1) is 24.8. The van der Waals surface area contributed by atoms with Gasteiger partial charge in [-0.25, -0.2) is 0 Å². The van der Waals surface area contributed by atoms with Crippen molar-refractivity contribution in [3.8, 4) is 0 Å². The van der Waals surface area contributed by atoms with Crippen LogP contribution in [-0.2, 0) is 4.79 Å². The van der Waals surface area contributed by atoms with E-state index in [1.54, 1.807) is 18.2 Å². The topological polar surface area (TPSA) is 77.8 Å². The van der Waals surface area contributed by atoms with Crippen molar-refractivity contribution in [1.29, 1.82) is 0 Å². The van der Waals surface area contributed by atoms with Crippen molar-refractivity contribution < 1.29 is 20.1 Å². The van der Waals surface area contributed by atoms with Crippen LogP contribution in [0.3, 0.4) is 0 Å². The Morgan fingerprint density at radius 2 is 1.41 bits per heavy atom. The van der Waals surface area contributed by atoms with E-state index in [4.69, 9.17) is 5.11 Å². The second-order valence-corrected chi connectivity index (χ2v) is 6.10. The third-order valence-corrected chi connectivity index (χ3v) is 3.54. The molecule has 2 atom stereocenters. The standard InChI is InChI=1S/C23H34O4/c1-2-3-12-16-21(24)17-13-10-8-6-4-5-7-9-11-14-18-22(25)19-15-20-23(26)27/h3-5,8-14,17-18,21-22,24-25H,2,6-7,15-16,19-20H2,1H3,(H,26,27)/b5-4-,10-8-,11-9-,12-3-,17-13+,18-14+/t21-,22-/m0/s1. The Labute approximate surface area is 163 Å². The third-order valence-electron chi connectivity index (χ3n) is 3.54. The van der Waals surface area contributed by atoms with Crippen molar-refractivity contribution >= 4 is 5.97 Å². The highest BCUT2D eigenvalue weighted by Crippen LogP contribution is 2.02. The lowest BCUT2D eigenvalue weighted by Gasteiger charge is -2.02. The number of aliphatic carboxylic acids is 1. The fourth-order valence-corrected chi connectivity index (χ4v) is 2.09. The molecular formula is C23H34O4. The summed E-state index contributed by atoms with van der Waals surface area (Å²) in [5, 5.41) is 27.8. The molecule has 3 N–H and O–H groups in total. The van der Waals surface area contributed by atoms with Crippen LogP contribution in [-0.4, -0.2) is 33.5 Å². The molecule has 0 aliphatic carbocycles. The maximum Gasteiger partial charge on any atom is 0.303 e. The van der Waals surface area contributed by atoms with Gasteiger partial charge in [-0.05, 0) is 38.5 Å². The summed E-state index contributed by atoms with van der Waals surface area (Å²) in [5.41, 5.74) is 0. The smallest absolute Gasteiger partial charge is 0.303 e. The van der Waals surface area contributed by atoms with Gasteiger partial charge in [0.2, 0.25) is 0 Å². The monoisotopic (exact) mass is 374 g/mol. The van der Waals surface area contributed by atoms with Crippen LogP contribution >= 0.6 is 0 Å². The van der Waals surface area contributed by atoms with Crippen LogP contribution in [0.15, 0.2) is 72.9 Å². The van der Waals surface area contributed by atoms with Crippen LogP contribution < -0.4 is 0 Å². The summed E-state index contributed by atoms with van der Waals surface area (Å²) in [7, 11) is 0. The zero-order valence-corrected chi connectivity index (χ0v) is 16.3. The van der Waals surface area contributed by atoms with Gasteiger partial charge in [0.1, 0.15) is 0 Å². The minimum Gasteiger partial charge on any atom is -0.481 e. The van der Waals surface area contributed by atoms with Crippen LogP contribution in [0.2, 0.25) is 0 Å². The van der Waals surface area contributed by atoms with E-state index >= 15 is 0 Å². The number of carbonyl (C=O) groups is 1. The van der Waals surface area contributed by atoms with Crippen LogP contribution in [0.5, 0.6) is 0 Å². The van der Waals surface area contributed by atoms with Gasteiger partial charge < -0.3 is 15.3 Å². The Morgan fingerprint density at radius 3 is 1.96 bits per heavy atom. The quantitative estimate of drug-likeness (QED) is 0.282. The summed E-state index contributed by atoms with van der Waals surface area (Å²) in [6.45, 7) is 2.07. The number of aliphatic hydroxyl groups excluding tert-OH is 2. The van der Waals surface area contributed by atoms with Crippen molar-refractivity contribution in [3.63, 3.8) is 0 Å². The largest absolute Gasteiger partial charge is 0.481 e. The molecule has 4 heteroatoms. The normalized spacial score (nSPS) is 15.4. The molecule has 0 bridgehead atoms. The van der Waals surface area contributed by atoms with E-state index in [-0.39, 0.29) is 6.42 Å². The van der Waals surface area contributed by atoms with Gasteiger partial charge in [-0.3, -0.25) is 4.79 Å². The molecule has 0 amide bonds. The van der Waals surface area contributed by atoms with Crippen molar-refractivity contribution in [3.05, 3.63) is 72.9 Å². The molecule has 0 aromatic carbocycles. The maximum absolute atomic E-state index is 10.4. The first-order chi connectivity index (χ1) is 13.1. The summed E-state index contributed by atoms with van der Waals surface area (Å²) in [6.07, 6.45) is 26.4. The van der Waals surface area contributed by atoms with Gasteiger partial charge in [-0.2, -0.15) is 0 Å². The fraction of sp³-hybridized carbons (Fsp3) is 0.435. The first-order valence-corrected chi connectivity index (χ1v) is 9.60. The van der Waals surface area contributed by atoms with E-state index in [2.05, 4.69) is 19.1 Å². The molecule has 4 nitrogen and oxygen atoms in total. The lowest BCUT2D eigenvalue weighted by atomic mass is 10.1. The molecule has 0 aromatic heterocycles. The molecule has 0 heterocycles. The van der Waals surface area contributed by atoms with Crippen molar-refractivity contribution in [2.75, 3.05) is 0 Å². The molecule has 0 aliphatic rings. The Balaban J connectivity index is 3.78. The van der Waals surface area contributed by atoms with Gasteiger partial charge in [0.25, 0.3) is 0 Å². The predicted molar refractivity (Wildman–Crippen MR) is 112 cm³/mol. The Kier molecular flexibility index (Phi) is 17.1. The van der Waals surface area contributed by atoms with E-state index in [1.165, 1.54) is 0 Å². The molecule has 150 valence electrons. The average Bonchev–Trinajstić information content (AvgIpc) is 2.62. The second-order valence-electron chi connectivity index (χ2n) is 6.10. The van der Waals surface area contributed by atoms with Gasteiger partial charge in [0, 0.05) is 6.42 Å². The van der Waals surface area contributed by atoms with E-state index in [9.17, 15) is 15.0 Å². The molecule has 0 fully saturated rings. The molecule has 0 spiro atoms. The summed E-state index contributed by atoms with van der Waals surface area (Å²) in [6, 6.07) is 0. The number of carboxylic acids is 1. The number of carboxylic acid groups (broad SMARTS) is 1. The number of rotatable bonds is 15. The van der Waals surface area contributed by atoms with E-state index in [0.717, 1.165) is 19.3 Å². The number of hydrogen-bond acceptors (Lipinski definition) is 3. The van der Waals surface area contributed by atoms with Gasteiger partial charge in [0.15, 0.2) is 0 Å². The zero-order valence-electron chi connectivity index (χ0n) is 16.3. The molecule has 0 saturated heterocycles. The van der Waals surface area contributed by atoms with Gasteiger partial charge in [0.05, 0.1) is 12.2 Å². The molecule has 0 saturated carbocycles. The molecule has 0 radical (unpaired) electrons. The Bertz CT molecular complexity index is 539. The second kappa shape index (κ2) is 18.6. The maximum atomic E-state index is 10.4. The Morgan fingerprint density at radius 1 is 0.815 bits per heavy atom. The highest BCUT2D eigenvalue weighted by atomic mass is 16.4. The lowest BCUT2D eigenvalue weighted by molar-refractivity contribution is -0.137. The summed E-state index contributed by atoms with van der Waals surface area (Å²) >= 11 is 0. The first-order valence-electron chi connectivity index (χ1n) is 9.60. The van der Waals surface area contributed by atoms with Crippen LogP contribution in [0.25, 0.3) is 0 Å². The van der Waals surface area contributed by atoms with Gasteiger partial charge >= 0.3 is 5.97 Å². The number of hydrogen-bond donors (Lipinski definition) is 3. The minimum atomic E-state index is -0.832. The van der Waals surface area contributed by atoms with Gasteiger partial charge in [-0.1, -0.05) is 79.8 Å². The van der Waals surface area contributed by atoms with Crippen LogP contribution in [0.1, 0.15) is 51.9 Å². The molecule has 0 unspecified atom stereocenters. The Hall–Kier alpha value is -2.17. The van der Waals surface area contributed by atoms with Crippen LogP contribution in [0, 0.1) is 0 Å². The minimum absolute atomic E-state index is 0.0899. The zero-order chi connectivity index (χ0) is 20.2. The highest BCUT2D eigenvalue weighted by Gasteiger charge is 2.01. The molecule has 27 heavy (non-hydrogen) atoms. The molecule has 0 aromatic rings. The van der Waals surface area contributed by atoms with E-state index in [0.29, 0.717) is 19.3 Å².